The molecule has 1 atom stereocenters. The molecule has 1 N–H and O–H groups in total. The van der Waals surface area contributed by atoms with E-state index in [2.05, 4.69) is 34.3 Å². The summed E-state index contributed by atoms with van der Waals surface area (Å²) in [5.74, 6) is 0.610. The second kappa shape index (κ2) is 6.57. The molecule has 7 nitrogen and oxygen atoms in total. The van der Waals surface area contributed by atoms with Crippen molar-refractivity contribution in [3.63, 3.8) is 0 Å². The molecule has 0 unspecified atom stereocenters. The van der Waals surface area contributed by atoms with Crippen molar-refractivity contribution in [1.29, 1.82) is 0 Å². The predicted molar refractivity (Wildman–Crippen MR) is 98.8 cm³/mol. The highest BCUT2D eigenvalue weighted by Crippen LogP contribution is 2.40. The molecule has 3 aromatic heterocycles. The summed E-state index contributed by atoms with van der Waals surface area (Å²) < 4.78 is 5.09. The van der Waals surface area contributed by atoms with E-state index < -0.39 is 0 Å². The molecule has 0 aromatic carbocycles. The molecule has 138 valence electrons. The van der Waals surface area contributed by atoms with Gasteiger partial charge in [-0.15, -0.1) is 0 Å². The van der Waals surface area contributed by atoms with Crippen LogP contribution in [0, 0.1) is 12.3 Å². The molecule has 0 saturated carbocycles. The molecule has 1 aliphatic carbocycles. The first-order valence-electron chi connectivity index (χ1n) is 8.92. The third kappa shape index (κ3) is 3.58. The van der Waals surface area contributed by atoms with E-state index in [0.717, 1.165) is 29.7 Å². The minimum Gasteiger partial charge on any atom is -0.351 e. The molecule has 3 heterocycles. The van der Waals surface area contributed by atoms with Gasteiger partial charge in [0.25, 0.3) is 5.91 Å². The van der Waals surface area contributed by atoms with E-state index in [-0.39, 0.29) is 23.1 Å². The number of hydrogen-bond donors (Lipinski definition) is 1. The van der Waals surface area contributed by atoms with E-state index >= 15 is 0 Å². The molecule has 0 fully saturated rings. The number of carbonyl (C=O) groups is 1. The summed E-state index contributed by atoms with van der Waals surface area (Å²) in [6.07, 6.45) is 6.91. The van der Waals surface area contributed by atoms with Crippen LogP contribution in [0.5, 0.6) is 0 Å². The number of fused-ring (bicyclic) bond motifs is 1. The Morgan fingerprint density at radius 1 is 1.30 bits per heavy atom. The van der Waals surface area contributed by atoms with Gasteiger partial charge in [-0.1, -0.05) is 19.0 Å². The van der Waals surface area contributed by atoms with Gasteiger partial charge in [-0.3, -0.25) is 9.78 Å². The maximum Gasteiger partial charge on any atom is 0.290 e. The van der Waals surface area contributed by atoms with Gasteiger partial charge in [0, 0.05) is 35.8 Å². The normalized spacial score (nSPS) is 18.0. The van der Waals surface area contributed by atoms with E-state index in [1.54, 1.807) is 25.4 Å². The van der Waals surface area contributed by atoms with Crippen molar-refractivity contribution in [2.75, 3.05) is 0 Å². The third-order valence-electron chi connectivity index (χ3n) is 4.77. The van der Waals surface area contributed by atoms with Gasteiger partial charge in [0.15, 0.2) is 5.82 Å². The van der Waals surface area contributed by atoms with Crippen LogP contribution in [0.4, 0.5) is 0 Å². The number of nitrogens with zero attached hydrogens (tertiary/aromatic N) is 4. The van der Waals surface area contributed by atoms with E-state index in [9.17, 15) is 4.79 Å². The average molecular weight is 363 g/mol. The number of pyridine rings is 1. The lowest BCUT2D eigenvalue weighted by Gasteiger charge is -2.36. The van der Waals surface area contributed by atoms with E-state index in [0.29, 0.717) is 11.5 Å². The average Bonchev–Trinajstić information content (AvgIpc) is 3.07. The van der Waals surface area contributed by atoms with Crippen molar-refractivity contribution in [1.82, 2.24) is 25.4 Å². The zero-order valence-electron chi connectivity index (χ0n) is 15.6. The lowest BCUT2D eigenvalue weighted by Crippen LogP contribution is -2.37. The lowest BCUT2D eigenvalue weighted by molar-refractivity contribution is 0.0881. The summed E-state index contributed by atoms with van der Waals surface area (Å²) in [4.78, 5) is 25.9. The van der Waals surface area contributed by atoms with Crippen LogP contribution in [-0.4, -0.2) is 26.0 Å². The molecule has 0 spiro atoms. The van der Waals surface area contributed by atoms with Crippen LogP contribution in [0.15, 0.2) is 41.3 Å². The van der Waals surface area contributed by atoms with Gasteiger partial charge in [-0.2, -0.15) is 0 Å². The van der Waals surface area contributed by atoms with Gasteiger partial charge in [0.1, 0.15) is 0 Å². The molecular formula is C20H21N5O2. The van der Waals surface area contributed by atoms with Crippen molar-refractivity contribution < 1.29 is 9.32 Å². The Balaban J connectivity index is 1.66. The minimum absolute atomic E-state index is 0.00610. The first-order valence-corrected chi connectivity index (χ1v) is 8.92. The molecule has 0 aliphatic heterocycles. The second-order valence-electron chi connectivity index (χ2n) is 7.74. The smallest absolute Gasteiger partial charge is 0.290 e. The fourth-order valence-corrected chi connectivity index (χ4v) is 3.52. The van der Waals surface area contributed by atoms with Crippen molar-refractivity contribution in [3.8, 4) is 11.4 Å². The van der Waals surface area contributed by atoms with Gasteiger partial charge in [0.2, 0.25) is 5.76 Å². The number of amides is 1. The highest BCUT2D eigenvalue weighted by atomic mass is 16.5. The Morgan fingerprint density at radius 3 is 2.78 bits per heavy atom. The zero-order chi connectivity index (χ0) is 19.0. The Bertz CT molecular complexity index is 981. The fourth-order valence-electron chi connectivity index (χ4n) is 3.52. The molecule has 3 aromatic rings. The summed E-state index contributed by atoms with van der Waals surface area (Å²) in [6.45, 7) is 6.15. The summed E-state index contributed by atoms with van der Waals surface area (Å²) in [5.41, 5.74) is 3.53. The molecule has 0 radical (unpaired) electrons. The SMILES string of the molecule is Cc1cc(C(=O)N[C@@H]2CC(C)(C)Cc3nc(-c4ccncc4)ncc32)on1. The van der Waals surface area contributed by atoms with Crippen LogP contribution in [0.25, 0.3) is 11.4 Å². The first kappa shape index (κ1) is 17.3. The van der Waals surface area contributed by atoms with Gasteiger partial charge in [0.05, 0.1) is 17.4 Å². The highest BCUT2D eigenvalue weighted by molar-refractivity contribution is 5.91. The summed E-state index contributed by atoms with van der Waals surface area (Å²) in [5, 5.41) is 6.84. The third-order valence-corrected chi connectivity index (χ3v) is 4.77. The number of rotatable bonds is 3. The van der Waals surface area contributed by atoms with Crippen LogP contribution in [0.2, 0.25) is 0 Å². The number of carbonyl (C=O) groups excluding carboxylic acids is 1. The molecular weight excluding hydrogens is 342 g/mol. The molecule has 7 heteroatoms. The second-order valence-corrected chi connectivity index (χ2v) is 7.74. The maximum absolute atomic E-state index is 12.5. The van der Waals surface area contributed by atoms with Gasteiger partial charge >= 0.3 is 0 Å². The highest BCUT2D eigenvalue weighted by Gasteiger charge is 2.35. The van der Waals surface area contributed by atoms with Crippen LogP contribution < -0.4 is 5.32 Å². The Kier molecular flexibility index (Phi) is 4.22. The van der Waals surface area contributed by atoms with Crippen molar-refractivity contribution in [2.45, 2.75) is 39.7 Å². The summed E-state index contributed by atoms with van der Waals surface area (Å²) in [6, 6.07) is 5.24. The van der Waals surface area contributed by atoms with Crippen LogP contribution in [0.1, 0.15) is 53.8 Å². The fraction of sp³-hybridized carbons (Fsp3) is 0.350. The number of hydrogen-bond acceptors (Lipinski definition) is 6. The molecule has 0 bridgehead atoms. The van der Waals surface area contributed by atoms with Crippen LogP contribution in [0.3, 0.4) is 0 Å². The van der Waals surface area contributed by atoms with Crippen LogP contribution in [-0.2, 0) is 6.42 Å². The number of nitrogens with one attached hydrogen (secondary N) is 1. The Labute approximate surface area is 157 Å². The maximum atomic E-state index is 12.5. The Morgan fingerprint density at radius 2 is 2.07 bits per heavy atom. The quantitative estimate of drug-likeness (QED) is 0.767. The molecule has 1 amide bonds. The largest absolute Gasteiger partial charge is 0.351 e. The predicted octanol–water partition coefficient (Wildman–Crippen LogP) is 3.28. The van der Waals surface area contributed by atoms with E-state index in [1.807, 2.05) is 18.3 Å². The van der Waals surface area contributed by atoms with Crippen molar-refractivity contribution in [2.24, 2.45) is 5.41 Å². The van der Waals surface area contributed by atoms with Gasteiger partial charge < -0.3 is 9.84 Å². The topological polar surface area (TPSA) is 93.8 Å². The Hall–Kier alpha value is -3.09. The van der Waals surface area contributed by atoms with Crippen molar-refractivity contribution >= 4 is 5.91 Å². The van der Waals surface area contributed by atoms with Crippen molar-refractivity contribution in [3.05, 3.63) is 59.5 Å². The molecule has 4 rings (SSSR count). The zero-order valence-corrected chi connectivity index (χ0v) is 15.6. The summed E-state index contributed by atoms with van der Waals surface area (Å²) in [7, 11) is 0. The van der Waals surface area contributed by atoms with E-state index in [1.165, 1.54) is 0 Å². The number of aryl methyl sites for hydroxylation is 1. The molecule has 0 saturated heterocycles. The monoisotopic (exact) mass is 363 g/mol. The number of aromatic nitrogens is 4. The molecule has 1 aliphatic rings. The van der Waals surface area contributed by atoms with E-state index in [4.69, 9.17) is 9.51 Å². The molecule has 27 heavy (non-hydrogen) atoms. The van der Waals surface area contributed by atoms with Crippen LogP contribution >= 0.6 is 0 Å². The van der Waals surface area contributed by atoms with Gasteiger partial charge in [-0.25, -0.2) is 9.97 Å². The minimum atomic E-state index is -0.275. The first-order chi connectivity index (χ1) is 12.9. The summed E-state index contributed by atoms with van der Waals surface area (Å²) >= 11 is 0. The van der Waals surface area contributed by atoms with Gasteiger partial charge in [-0.05, 0) is 37.3 Å². The standard InChI is InChI=1S/C20H21N5O2/c1-12-8-17(27-25-12)19(26)24-16-10-20(2,3)9-15-14(16)11-22-18(23-15)13-4-6-21-7-5-13/h4-8,11,16H,9-10H2,1-3H3,(H,24,26)/t16-/m1/s1. The lowest BCUT2D eigenvalue weighted by atomic mass is 9.74.